The Morgan fingerprint density at radius 1 is 0.536 bits per heavy atom. The van der Waals surface area contributed by atoms with E-state index in [1.165, 1.54) is 55.7 Å². The molecule has 0 saturated heterocycles. The van der Waals surface area contributed by atoms with Crippen LogP contribution < -0.4 is 15.7 Å². The molecule has 28 heavy (non-hydrogen) atoms. The van der Waals surface area contributed by atoms with Gasteiger partial charge < -0.3 is 4.81 Å². The van der Waals surface area contributed by atoms with Gasteiger partial charge >= 0.3 is 6.85 Å². The Balaban J connectivity index is 1.76. The highest BCUT2D eigenvalue weighted by Gasteiger charge is 2.41. The summed E-state index contributed by atoms with van der Waals surface area (Å²) in [5.41, 5.74) is 13.4. The Hall–Kier alpha value is -3.26. The maximum Gasteiger partial charge on any atom is 0.329 e. The van der Waals surface area contributed by atoms with Crippen molar-refractivity contribution in [3.05, 3.63) is 96.1 Å². The van der Waals surface area contributed by atoms with Crippen LogP contribution >= 0.6 is 0 Å². The van der Waals surface area contributed by atoms with Gasteiger partial charge in [0.1, 0.15) is 0 Å². The van der Waals surface area contributed by atoms with Crippen LogP contribution in [0.3, 0.4) is 0 Å². The van der Waals surface area contributed by atoms with Gasteiger partial charge in [0, 0.05) is 22.5 Å². The lowest BCUT2D eigenvalue weighted by Gasteiger charge is -2.43. The second-order valence-corrected chi connectivity index (χ2v) is 7.99. The second kappa shape index (κ2) is 5.62. The summed E-state index contributed by atoms with van der Waals surface area (Å²) in [5.74, 6) is 0. The van der Waals surface area contributed by atoms with Crippen LogP contribution in [-0.4, -0.2) is 6.85 Å². The van der Waals surface area contributed by atoms with Crippen molar-refractivity contribution in [2.45, 2.75) is 13.8 Å². The molecule has 2 aliphatic rings. The quantitative estimate of drug-likeness (QED) is 0.391. The van der Waals surface area contributed by atoms with Crippen LogP contribution in [-0.2, 0) is 0 Å². The molecule has 0 aliphatic carbocycles. The molecule has 0 fully saturated rings. The third kappa shape index (κ3) is 2.03. The summed E-state index contributed by atoms with van der Waals surface area (Å²) in [7, 11) is 0. The molecule has 0 atom stereocenters. The highest BCUT2D eigenvalue weighted by molar-refractivity contribution is 6.92. The van der Waals surface area contributed by atoms with E-state index in [0.29, 0.717) is 0 Å². The van der Waals surface area contributed by atoms with Crippen LogP contribution in [0.4, 0.5) is 11.4 Å². The Morgan fingerprint density at radius 3 is 2.00 bits per heavy atom. The molecule has 0 aromatic heterocycles. The van der Waals surface area contributed by atoms with Crippen LogP contribution in [0.1, 0.15) is 11.1 Å². The van der Waals surface area contributed by atoms with E-state index >= 15 is 0 Å². The molecule has 0 spiro atoms. The number of aryl methyl sites for hydroxylation is 2. The third-order valence-electron chi connectivity index (χ3n) is 6.17. The van der Waals surface area contributed by atoms with Crippen LogP contribution in [0.25, 0.3) is 22.3 Å². The largest absolute Gasteiger partial charge is 0.376 e. The number of para-hydroxylation sites is 1. The van der Waals surface area contributed by atoms with E-state index in [0.717, 1.165) is 0 Å². The molecule has 0 unspecified atom stereocenters. The fourth-order valence-electron chi connectivity index (χ4n) is 4.96. The van der Waals surface area contributed by atoms with Gasteiger partial charge in [-0.05, 0) is 54.1 Å². The molecule has 2 heteroatoms. The lowest BCUT2D eigenvalue weighted by molar-refractivity contribution is 1.33. The molecule has 4 aromatic carbocycles. The van der Waals surface area contributed by atoms with Crippen molar-refractivity contribution in [3.8, 4) is 22.3 Å². The molecule has 0 amide bonds. The number of hydrogen-bond acceptors (Lipinski definition) is 1. The third-order valence-corrected chi connectivity index (χ3v) is 6.17. The monoisotopic (exact) mass is 357 g/mol. The van der Waals surface area contributed by atoms with Gasteiger partial charge in [-0.1, -0.05) is 77.9 Å². The molecule has 4 aromatic rings. The van der Waals surface area contributed by atoms with E-state index < -0.39 is 0 Å². The van der Waals surface area contributed by atoms with Crippen LogP contribution in [0.15, 0.2) is 84.9 Å². The van der Waals surface area contributed by atoms with Gasteiger partial charge in [-0.25, -0.2) is 0 Å². The van der Waals surface area contributed by atoms with Crippen molar-refractivity contribution in [2.75, 3.05) is 4.81 Å². The lowest BCUT2D eigenvalue weighted by Crippen LogP contribution is -2.59. The van der Waals surface area contributed by atoms with Crippen molar-refractivity contribution in [3.63, 3.8) is 0 Å². The minimum absolute atomic E-state index is 0.205. The van der Waals surface area contributed by atoms with Gasteiger partial charge in [-0.3, -0.25) is 0 Å². The maximum atomic E-state index is 2.55. The number of rotatable bonds is 0. The Bertz CT molecular complexity index is 1160. The first-order chi connectivity index (χ1) is 13.7. The summed E-state index contributed by atoms with van der Waals surface area (Å²) >= 11 is 0. The lowest BCUT2D eigenvalue weighted by atomic mass is 9.43. The summed E-state index contributed by atoms with van der Waals surface area (Å²) < 4.78 is 0. The smallest absolute Gasteiger partial charge is 0.329 e. The Labute approximate surface area is 166 Å². The van der Waals surface area contributed by atoms with Gasteiger partial charge in [0.15, 0.2) is 0 Å². The zero-order chi connectivity index (χ0) is 18.8. The van der Waals surface area contributed by atoms with E-state index in [4.69, 9.17) is 0 Å². The molecule has 1 nitrogen and oxygen atoms in total. The predicted molar refractivity (Wildman–Crippen MR) is 120 cm³/mol. The zero-order valence-corrected chi connectivity index (χ0v) is 16.1. The van der Waals surface area contributed by atoms with Gasteiger partial charge in [0.25, 0.3) is 0 Å². The van der Waals surface area contributed by atoms with E-state index in [9.17, 15) is 0 Å². The molecular weight excluding hydrogens is 337 g/mol. The predicted octanol–water partition coefficient (Wildman–Crippen LogP) is 5.21. The Morgan fingerprint density at radius 2 is 1.14 bits per heavy atom. The van der Waals surface area contributed by atoms with Crippen LogP contribution in [0.2, 0.25) is 0 Å². The van der Waals surface area contributed by atoms with Gasteiger partial charge in [0.2, 0.25) is 0 Å². The first-order valence-electron chi connectivity index (χ1n) is 9.91. The van der Waals surface area contributed by atoms with Gasteiger partial charge in [0.05, 0.1) is 0 Å². The van der Waals surface area contributed by atoms with Crippen molar-refractivity contribution < 1.29 is 0 Å². The maximum absolute atomic E-state index is 2.55. The normalized spacial score (nSPS) is 13.2. The minimum atomic E-state index is 0.205. The topological polar surface area (TPSA) is 3.24 Å². The fraction of sp³-hybridized carbons (Fsp3) is 0.0769. The molecule has 0 radical (unpaired) electrons. The summed E-state index contributed by atoms with van der Waals surface area (Å²) in [6.07, 6.45) is 0. The molecule has 6 rings (SSSR count). The van der Waals surface area contributed by atoms with Gasteiger partial charge in [-0.15, -0.1) is 0 Å². The molecular formula is C26H20BN. The first kappa shape index (κ1) is 15.8. The molecule has 0 bridgehead atoms. The standard InChI is InChI=1S/C26H20BN/c1-17-11-13-24-21(15-17)20-8-4-6-10-25(20)28-26-14-12-18(2)16-22(26)19-7-3-5-9-23(19)27(24)28/h3-16H,1-2H3. The highest BCUT2D eigenvalue weighted by atomic mass is 15.1. The van der Waals surface area contributed by atoms with E-state index in [-0.39, 0.29) is 6.85 Å². The zero-order valence-electron chi connectivity index (χ0n) is 16.1. The van der Waals surface area contributed by atoms with E-state index in [1.54, 1.807) is 0 Å². The number of fused-ring (bicyclic) bond motifs is 11. The average Bonchev–Trinajstić information content (AvgIpc) is 2.73. The highest BCUT2D eigenvalue weighted by Crippen LogP contribution is 2.45. The number of anilines is 2. The first-order valence-corrected chi connectivity index (χ1v) is 9.91. The summed E-state index contributed by atoms with van der Waals surface area (Å²) in [4.78, 5) is 2.55. The average molecular weight is 357 g/mol. The van der Waals surface area contributed by atoms with Crippen LogP contribution in [0.5, 0.6) is 0 Å². The molecule has 0 saturated carbocycles. The van der Waals surface area contributed by atoms with Crippen molar-refractivity contribution in [1.29, 1.82) is 0 Å². The van der Waals surface area contributed by atoms with E-state index in [1.807, 2.05) is 0 Å². The summed E-state index contributed by atoms with van der Waals surface area (Å²) in [6.45, 7) is 4.57. The number of nitrogens with zero attached hydrogens (tertiary/aromatic N) is 1. The van der Waals surface area contributed by atoms with Crippen molar-refractivity contribution in [1.82, 2.24) is 0 Å². The summed E-state index contributed by atoms with van der Waals surface area (Å²) in [5, 5.41) is 0. The van der Waals surface area contributed by atoms with Gasteiger partial charge in [-0.2, -0.15) is 0 Å². The molecule has 132 valence electrons. The SMILES string of the molecule is Cc1ccc2c(c1)-c1ccccc1N1B2c2ccccc2-c2cc(C)ccc21. The fourth-order valence-corrected chi connectivity index (χ4v) is 4.96. The van der Waals surface area contributed by atoms with E-state index in [2.05, 4.69) is 104 Å². The second-order valence-electron chi connectivity index (χ2n) is 7.99. The molecule has 2 aliphatic heterocycles. The molecule has 0 N–H and O–H groups in total. The summed E-state index contributed by atoms with van der Waals surface area (Å²) in [6, 6.07) is 31.5. The number of hydrogen-bond donors (Lipinski definition) is 0. The molecule has 2 heterocycles. The number of benzene rings is 4. The Kier molecular flexibility index (Phi) is 3.17. The van der Waals surface area contributed by atoms with Crippen molar-refractivity contribution >= 4 is 29.1 Å². The minimum Gasteiger partial charge on any atom is -0.376 e. The van der Waals surface area contributed by atoms with Crippen molar-refractivity contribution in [2.24, 2.45) is 0 Å². The van der Waals surface area contributed by atoms with Crippen LogP contribution in [0, 0.1) is 13.8 Å².